The van der Waals surface area contributed by atoms with Crippen LogP contribution in [0.5, 0.6) is 5.75 Å². The molecular formula is C20H20N4O2. The molecule has 1 aliphatic carbocycles. The highest BCUT2D eigenvalue weighted by Crippen LogP contribution is 2.41. The zero-order valence-corrected chi connectivity index (χ0v) is 14.6. The summed E-state index contributed by atoms with van der Waals surface area (Å²) >= 11 is 0. The Morgan fingerprint density at radius 2 is 2.08 bits per heavy atom. The summed E-state index contributed by atoms with van der Waals surface area (Å²) in [6, 6.07) is 13.4. The molecule has 1 N–H and O–H groups in total. The molecule has 26 heavy (non-hydrogen) atoms. The highest BCUT2D eigenvalue weighted by Gasteiger charge is 2.29. The zero-order valence-electron chi connectivity index (χ0n) is 14.6. The van der Waals surface area contributed by atoms with Gasteiger partial charge in [0.1, 0.15) is 5.75 Å². The first-order chi connectivity index (χ1) is 12.7. The number of methoxy groups -OCH3 is 1. The van der Waals surface area contributed by atoms with Crippen molar-refractivity contribution in [2.24, 2.45) is 0 Å². The summed E-state index contributed by atoms with van der Waals surface area (Å²) in [6.45, 7) is 0.431. The van der Waals surface area contributed by atoms with E-state index >= 15 is 0 Å². The second kappa shape index (κ2) is 7.00. The van der Waals surface area contributed by atoms with Gasteiger partial charge in [-0.25, -0.2) is 4.68 Å². The van der Waals surface area contributed by atoms with Crippen LogP contribution in [0, 0.1) is 0 Å². The van der Waals surface area contributed by atoms with Crippen molar-refractivity contribution in [1.29, 1.82) is 0 Å². The van der Waals surface area contributed by atoms with Crippen molar-refractivity contribution in [1.82, 2.24) is 20.1 Å². The number of nitrogens with one attached hydrogen (secondary N) is 1. The number of nitrogens with zero attached hydrogens (tertiary/aromatic N) is 3. The first-order valence-electron chi connectivity index (χ1n) is 8.66. The minimum absolute atomic E-state index is 0.178. The van der Waals surface area contributed by atoms with E-state index in [1.807, 2.05) is 47.1 Å². The minimum atomic E-state index is -0.178. The van der Waals surface area contributed by atoms with Crippen LogP contribution in [-0.2, 0) is 6.54 Å². The molecule has 6 heteroatoms. The third kappa shape index (κ3) is 3.44. The van der Waals surface area contributed by atoms with Gasteiger partial charge in [-0.2, -0.15) is 5.10 Å². The highest BCUT2D eigenvalue weighted by atomic mass is 16.5. The predicted octanol–water partition coefficient (Wildman–Crippen LogP) is 3.08. The number of carbonyl (C=O) groups is 1. The largest absolute Gasteiger partial charge is 0.497 e. The minimum Gasteiger partial charge on any atom is -0.497 e. The molecule has 1 fully saturated rings. The Bertz CT molecular complexity index is 899. The van der Waals surface area contributed by atoms with E-state index in [1.54, 1.807) is 19.5 Å². The average molecular weight is 348 g/mol. The Labute approximate surface area is 151 Å². The topological polar surface area (TPSA) is 69.0 Å². The molecule has 0 aliphatic heterocycles. The van der Waals surface area contributed by atoms with E-state index in [4.69, 9.17) is 4.74 Å². The van der Waals surface area contributed by atoms with Crippen molar-refractivity contribution < 1.29 is 9.53 Å². The molecule has 0 atom stereocenters. The predicted molar refractivity (Wildman–Crippen MR) is 97.5 cm³/mol. The molecule has 1 aliphatic rings. The van der Waals surface area contributed by atoms with Gasteiger partial charge in [0.15, 0.2) is 5.69 Å². The third-order valence-corrected chi connectivity index (χ3v) is 4.46. The van der Waals surface area contributed by atoms with E-state index in [9.17, 15) is 4.79 Å². The lowest BCUT2D eigenvalue weighted by Gasteiger charge is -2.07. The molecule has 0 bridgehead atoms. The average Bonchev–Trinajstić information content (AvgIpc) is 3.45. The normalized spacial score (nSPS) is 13.4. The van der Waals surface area contributed by atoms with Crippen molar-refractivity contribution in [2.75, 3.05) is 7.11 Å². The lowest BCUT2D eigenvalue weighted by Crippen LogP contribution is -2.23. The number of hydrogen-bond acceptors (Lipinski definition) is 4. The fourth-order valence-corrected chi connectivity index (χ4v) is 2.88. The van der Waals surface area contributed by atoms with Crippen LogP contribution in [0.1, 0.15) is 40.5 Å². The SMILES string of the molecule is COc1ccc(-n2nc(C(=O)NCc3cccnc3)cc2C2CC2)cc1. The van der Waals surface area contributed by atoms with Crippen LogP contribution in [0.4, 0.5) is 0 Å². The van der Waals surface area contributed by atoms with E-state index < -0.39 is 0 Å². The second-order valence-corrected chi connectivity index (χ2v) is 6.38. The Morgan fingerprint density at radius 1 is 1.27 bits per heavy atom. The van der Waals surface area contributed by atoms with Gasteiger partial charge in [0.05, 0.1) is 12.8 Å². The van der Waals surface area contributed by atoms with Gasteiger partial charge in [0.2, 0.25) is 0 Å². The zero-order chi connectivity index (χ0) is 17.9. The first kappa shape index (κ1) is 16.3. The van der Waals surface area contributed by atoms with E-state index in [-0.39, 0.29) is 5.91 Å². The number of pyridine rings is 1. The molecular weight excluding hydrogens is 328 g/mol. The number of aromatic nitrogens is 3. The molecule has 6 nitrogen and oxygen atoms in total. The van der Waals surface area contributed by atoms with Crippen molar-refractivity contribution in [3.8, 4) is 11.4 Å². The highest BCUT2D eigenvalue weighted by molar-refractivity contribution is 5.92. The molecule has 0 unspecified atom stereocenters. The molecule has 2 heterocycles. The molecule has 3 aromatic rings. The second-order valence-electron chi connectivity index (χ2n) is 6.38. The number of amides is 1. The van der Waals surface area contributed by atoms with E-state index in [1.165, 1.54) is 0 Å². The van der Waals surface area contributed by atoms with Crippen molar-refractivity contribution in [2.45, 2.75) is 25.3 Å². The van der Waals surface area contributed by atoms with Gasteiger partial charge >= 0.3 is 0 Å². The Hall–Kier alpha value is -3.15. The number of benzene rings is 1. The fourth-order valence-electron chi connectivity index (χ4n) is 2.88. The van der Waals surface area contributed by atoms with Crippen LogP contribution in [0.2, 0.25) is 0 Å². The first-order valence-corrected chi connectivity index (χ1v) is 8.66. The number of rotatable bonds is 6. The Kier molecular flexibility index (Phi) is 4.39. The fraction of sp³-hybridized carbons (Fsp3) is 0.250. The van der Waals surface area contributed by atoms with Crippen molar-refractivity contribution in [3.63, 3.8) is 0 Å². The molecule has 0 saturated heterocycles. The maximum Gasteiger partial charge on any atom is 0.272 e. The molecule has 2 aromatic heterocycles. The summed E-state index contributed by atoms with van der Waals surface area (Å²) in [7, 11) is 1.64. The summed E-state index contributed by atoms with van der Waals surface area (Å²) < 4.78 is 7.08. The molecule has 132 valence electrons. The maximum absolute atomic E-state index is 12.5. The lowest BCUT2D eigenvalue weighted by atomic mass is 10.2. The number of carbonyl (C=O) groups excluding carboxylic acids is 1. The van der Waals surface area contributed by atoms with Crippen LogP contribution in [0.25, 0.3) is 5.69 Å². The molecule has 0 spiro atoms. The maximum atomic E-state index is 12.5. The Balaban J connectivity index is 1.56. The summed E-state index contributed by atoms with van der Waals surface area (Å²) in [5, 5.41) is 7.47. The summed E-state index contributed by atoms with van der Waals surface area (Å²) in [4.78, 5) is 16.6. The van der Waals surface area contributed by atoms with Gasteiger partial charge in [-0.15, -0.1) is 0 Å². The van der Waals surface area contributed by atoms with Gasteiger partial charge in [-0.3, -0.25) is 9.78 Å². The van der Waals surface area contributed by atoms with Crippen LogP contribution in [0.3, 0.4) is 0 Å². The molecule has 4 rings (SSSR count). The van der Waals surface area contributed by atoms with Gasteiger partial charge < -0.3 is 10.1 Å². The number of ether oxygens (including phenoxy) is 1. The lowest BCUT2D eigenvalue weighted by molar-refractivity contribution is 0.0945. The van der Waals surface area contributed by atoms with Gasteiger partial charge in [-0.1, -0.05) is 6.07 Å². The smallest absolute Gasteiger partial charge is 0.272 e. The van der Waals surface area contributed by atoms with E-state index in [0.29, 0.717) is 18.2 Å². The molecule has 1 amide bonds. The van der Waals surface area contributed by atoms with E-state index in [0.717, 1.165) is 35.5 Å². The van der Waals surface area contributed by atoms with Gasteiger partial charge in [0, 0.05) is 30.6 Å². The van der Waals surface area contributed by atoms with Crippen LogP contribution < -0.4 is 10.1 Å². The van der Waals surface area contributed by atoms with Crippen molar-refractivity contribution in [3.05, 3.63) is 71.8 Å². The van der Waals surface area contributed by atoms with E-state index in [2.05, 4.69) is 15.4 Å². The monoisotopic (exact) mass is 348 g/mol. The van der Waals surface area contributed by atoms with Gasteiger partial charge in [0.25, 0.3) is 5.91 Å². The number of hydrogen-bond donors (Lipinski definition) is 1. The quantitative estimate of drug-likeness (QED) is 0.743. The van der Waals surface area contributed by atoms with Crippen LogP contribution in [0.15, 0.2) is 54.9 Å². The third-order valence-electron chi connectivity index (χ3n) is 4.46. The summed E-state index contributed by atoms with van der Waals surface area (Å²) in [5.74, 6) is 1.09. The van der Waals surface area contributed by atoms with Crippen molar-refractivity contribution >= 4 is 5.91 Å². The molecule has 1 saturated carbocycles. The van der Waals surface area contributed by atoms with Crippen LogP contribution in [-0.4, -0.2) is 27.8 Å². The standard InChI is InChI=1S/C20H20N4O2/c1-26-17-8-6-16(7-9-17)24-19(15-4-5-15)11-18(23-24)20(25)22-13-14-3-2-10-21-12-14/h2-3,6-12,15H,4-5,13H2,1H3,(H,22,25). The molecule has 1 aromatic carbocycles. The Morgan fingerprint density at radius 3 is 2.73 bits per heavy atom. The van der Waals surface area contributed by atoms with Crippen LogP contribution >= 0.6 is 0 Å². The summed E-state index contributed by atoms with van der Waals surface area (Å²) in [5.41, 5.74) is 3.41. The van der Waals surface area contributed by atoms with Gasteiger partial charge in [-0.05, 0) is 54.8 Å². The molecule has 0 radical (unpaired) electrons. The summed E-state index contributed by atoms with van der Waals surface area (Å²) in [6.07, 6.45) is 5.73.